The van der Waals surface area contributed by atoms with E-state index in [2.05, 4.69) is 21.0 Å². The second-order valence-electron chi connectivity index (χ2n) is 2.25. The number of hydrogen-bond donors (Lipinski definition) is 2. The molecule has 0 spiro atoms. The quantitative estimate of drug-likeness (QED) is 0.670. The van der Waals surface area contributed by atoms with Crippen LogP contribution in [0.1, 0.15) is 6.92 Å². The Morgan fingerprint density at radius 3 is 2.85 bits per heavy atom. The molecule has 0 aromatic carbocycles. The normalized spacial score (nSPS) is 12.1. The van der Waals surface area contributed by atoms with Gasteiger partial charge in [0.2, 0.25) is 11.0 Å². The number of amides is 1. The lowest BCUT2D eigenvalue weighted by molar-refractivity contribution is -0.144. The molecule has 0 bridgehead atoms. The van der Waals surface area contributed by atoms with Crippen molar-refractivity contribution in [3.05, 3.63) is 5.51 Å². The number of carboxylic acids is 1. The minimum Gasteiger partial charge on any atom is -0.481 e. The van der Waals surface area contributed by atoms with E-state index in [0.29, 0.717) is 0 Å². The molecule has 1 atom stereocenters. The van der Waals surface area contributed by atoms with Gasteiger partial charge in [-0.05, 0) is 6.92 Å². The van der Waals surface area contributed by atoms with Gasteiger partial charge in [-0.25, -0.2) is 0 Å². The fraction of sp³-hybridized carbons (Fsp3) is 0.333. The van der Waals surface area contributed by atoms with Crippen LogP contribution in [0.3, 0.4) is 0 Å². The molecule has 2 N–H and O–H groups in total. The Balaban J connectivity index is 2.56. The van der Waals surface area contributed by atoms with Gasteiger partial charge in [-0.3, -0.25) is 14.9 Å². The molecule has 1 amide bonds. The highest BCUT2D eigenvalue weighted by atomic mass is 32.1. The number of aliphatic carboxylic acids is 1. The zero-order valence-electron chi connectivity index (χ0n) is 6.64. The van der Waals surface area contributed by atoms with Gasteiger partial charge < -0.3 is 5.11 Å². The van der Waals surface area contributed by atoms with Crippen LogP contribution in [0.5, 0.6) is 0 Å². The number of carboxylic acid groups (broad SMARTS) is 1. The number of nitrogens with zero attached hydrogens (tertiary/aromatic N) is 2. The first-order valence-electron chi connectivity index (χ1n) is 3.34. The fourth-order valence-corrected chi connectivity index (χ4v) is 0.928. The van der Waals surface area contributed by atoms with Crippen LogP contribution < -0.4 is 5.32 Å². The summed E-state index contributed by atoms with van der Waals surface area (Å²) in [6.07, 6.45) is 0. The van der Waals surface area contributed by atoms with E-state index in [4.69, 9.17) is 5.11 Å². The molecule has 1 rings (SSSR count). The van der Waals surface area contributed by atoms with Crippen molar-refractivity contribution >= 4 is 28.3 Å². The van der Waals surface area contributed by atoms with Crippen LogP contribution in [0.4, 0.5) is 5.13 Å². The summed E-state index contributed by atoms with van der Waals surface area (Å²) in [7, 11) is 0. The van der Waals surface area contributed by atoms with Gasteiger partial charge in [-0.1, -0.05) is 11.3 Å². The van der Waals surface area contributed by atoms with E-state index in [9.17, 15) is 9.59 Å². The number of nitrogens with one attached hydrogen (secondary N) is 1. The van der Waals surface area contributed by atoms with Crippen molar-refractivity contribution in [2.45, 2.75) is 6.92 Å². The third-order valence-corrected chi connectivity index (χ3v) is 1.87. The van der Waals surface area contributed by atoms with Gasteiger partial charge in [0.1, 0.15) is 5.92 Å². The minimum absolute atomic E-state index is 0.248. The summed E-state index contributed by atoms with van der Waals surface area (Å²) < 4.78 is 0. The molecular weight excluding hydrogens is 194 g/mol. The summed E-state index contributed by atoms with van der Waals surface area (Å²) in [6.45, 7) is 1.29. The molecule has 6 nitrogen and oxygen atoms in total. The number of carbonyl (C=O) groups is 2. The summed E-state index contributed by atoms with van der Waals surface area (Å²) in [5.74, 6) is -2.88. The summed E-state index contributed by atoms with van der Waals surface area (Å²) >= 11 is 1.01. The van der Waals surface area contributed by atoms with E-state index in [-0.39, 0.29) is 5.13 Å². The Bertz CT molecular complexity index is 311. The SMILES string of the molecule is CC(C(=O)O)C(=O)Nc1nn[c]s1. The van der Waals surface area contributed by atoms with E-state index >= 15 is 0 Å². The van der Waals surface area contributed by atoms with E-state index in [0.717, 1.165) is 11.3 Å². The highest BCUT2D eigenvalue weighted by Gasteiger charge is 2.21. The molecule has 0 fully saturated rings. The van der Waals surface area contributed by atoms with E-state index in [1.807, 2.05) is 0 Å². The first kappa shape index (κ1) is 9.59. The van der Waals surface area contributed by atoms with Gasteiger partial charge >= 0.3 is 5.97 Å². The highest BCUT2D eigenvalue weighted by Crippen LogP contribution is 2.09. The molecule has 0 saturated heterocycles. The summed E-state index contributed by atoms with van der Waals surface area (Å²) in [5.41, 5.74) is 2.42. The molecule has 0 aliphatic carbocycles. The Morgan fingerprint density at radius 1 is 1.69 bits per heavy atom. The molecule has 0 aliphatic heterocycles. The van der Waals surface area contributed by atoms with E-state index in [1.165, 1.54) is 6.92 Å². The van der Waals surface area contributed by atoms with Crippen molar-refractivity contribution in [1.82, 2.24) is 10.2 Å². The first-order chi connectivity index (χ1) is 6.11. The third kappa shape index (κ3) is 2.48. The molecular formula is C6H6N3O3S. The number of rotatable bonds is 3. The number of anilines is 1. The largest absolute Gasteiger partial charge is 0.481 e. The molecule has 1 aromatic rings. The zero-order valence-corrected chi connectivity index (χ0v) is 7.46. The molecule has 0 saturated carbocycles. The van der Waals surface area contributed by atoms with Crippen LogP contribution in [0, 0.1) is 11.4 Å². The number of hydrogen-bond acceptors (Lipinski definition) is 5. The van der Waals surface area contributed by atoms with Gasteiger partial charge in [0.25, 0.3) is 0 Å². The lowest BCUT2D eigenvalue weighted by Crippen LogP contribution is -2.26. The third-order valence-electron chi connectivity index (χ3n) is 1.32. The van der Waals surface area contributed by atoms with Crippen LogP contribution in [-0.2, 0) is 9.59 Å². The fourth-order valence-electron chi connectivity index (χ4n) is 0.526. The predicted molar refractivity (Wildman–Crippen MR) is 44.2 cm³/mol. The van der Waals surface area contributed by atoms with Crippen molar-refractivity contribution in [3.8, 4) is 0 Å². The van der Waals surface area contributed by atoms with Gasteiger partial charge in [-0.15, -0.1) is 10.2 Å². The molecule has 0 aliphatic rings. The number of carbonyl (C=O) groups excluding carboxylic acids is 1. The van der Waals surface area contributed by atoms with E-state index < -0.39 is 17.8 Å². The van der Waals surface area contributed by atoms with Gasteiger partial charge in [-0.2, -0.15) is 0 Å². The number of aromatic nitrogens is 2. The maximum atomic E-state index is 11.1. The summed E-state index contributed by atoms with van der Waals surface area (Å²) in [4.78, 5) is 21.5. The Morgan fingerprint density at radius 2 is 2.38 bits per heavy atom. The smallest absolute Gasteiger partial charge is 0.315 e. The van der Waals surface area contributed by atoms with Crippen LogP contribution in [0.25, 0.3) is 0 Å². The second kappa shape index (κ2) is 3.94. The Labute approximate surface area is 77.6 Å². The van der Waals surface area contributed by atoms with Crippen molar-refractivity contribution in [1.29, 1.82) is 0 Å². The van der Waals surface area contributed by atoms with Crippen LogP contribution in [0.15, 0.2) is 0 Å². The standard InChI is InChI=1S/C6H6N3O3S/c1-3(5(11)12)4(10)8-6-9-7-2-13-6/h3H,1H3,(H,11,12)(H,8,9,10). The highest BCUT2D eigenvalue weighted by molar-refractivity contribution is 7.13. The maximum absolute atomic E-state index is 11.1. The van der Waals surface area contributed by atoms with Crippen molar-refractivity contribution in [3.63, 3.8) is 0 Å². The average Bonchev–Trinajstić information content (AvgIpc) is 2.55. The molecule has 69 valence electrons. The Kier molecular flexibility index (Phi) is 2.91. The topological polar surface area (TPSA) is 92.2 Å². The lowest BCUT2D eigenvalue weighted by atomic mass is 10.2. The van der Waals surface area contributed by atoms with Gasteiger partial charge in [0.15, 0.2) is 5.51 Å². The van der Waals surface area contributed by atoms with Gasteiger partial charge in [0, 0.05) is 0 Å². The average molecular weight is 200 g/mol. The van der Waals surface area contributed by atoms with Crippen LogP contribution in [-0.4, -0.2) is 27.2 Å². The van der Waals surface area contributed by atoms with Crippen LogP contribution in [0.2, 0.25) is 0 Å². The van der Waals surface area contributed by atoms with Crippen molar-refractivity contribution in [2.75, 3.05) is 5.32 Å². The monoisotopic (exact) mass is 200 g/mol. The maximum Gasteiger partial charge on any atom is 0.315 e. The summed E-state index contributed by atoms with van der Waals surface area (Å²) in [5, 5.41) is 17.9. The molecule has 1 unspecified atom stereocenters. The molecule has 1 radical (unpaired) electrons. The van der Waals surface area contributed by atoms with Crippen molar-refractivity contribution in [2.24, 2.45) is 5.92 Å². The second-order valence-corrected chi connectivity index (χ2v) is 3.02. The Hall–Kier alpha value is -1.50. The van der Waals surface area contributed by atoms with Gasteiger partial charge in [0.05, 0.1) is 0 Å². The molecule has 1 aromatic heterocycles. The minimum atomic E-state index is -1.18. The van der Waals surface area contributed by atoms with E-state index in [1.54, 1.807) is 0 Å². The molecule has 1 heterocycles. The summed E-state index contributed by atoms with van der Waals surface area (Å²) in [6, 6.07) is 0. The first-order valence-corrected chi connectivity index (χ1v) is 4.16. The van der Waals surface area contributed by atoms with Crippen molar-refractivity contribution < 1.29 is 14.7 Å². The lowest BCUT2D eigenvalue weighted by Gasteiger charge is -2.03. The molecule has 13 heavy (non-hydrogen) atoms. The zero-order chi connectivity index (χ0) is 9.84. The molecule has 7 heteroatoms. The van der Waals surface area contributed by atoms with Crippen LogP contribution >= 0.6 is 11.3 Å². The predicted octanol–water partition coefficient (Wildman–Crippen LogP) is -0.00251.